The molecule has 2 aliphatic rings. The van der Waals surface area contributed by atoms with E-state index in [2.05, 4.69) is 24.8 Å². The Balaban J connectivity index is 1.53. The van der Waals surface area contributed by atoms with E-state index in [1.807, 2.05) is 6.92 Å². The predicted octanol–water partition coefficient (Wildman–Crippen LogP) is 1.99. The molecule has 0 bridgehead atoms. The zero-order valence-electron chi connectivity index (χ0n) is 16.0. The fraction of sp³-hybridized carbons (Fsp3) is 0.778. The summed E-state index contributed by atoms with van der Waals surface area (Å²) < 4.78 is 28.9. The van der Waals surface area contributed by atoms with Crippen LogP contribution in [0, 0.1) is 19.8 Å². The van der Waals surface area contributed by atoms with Crippen LogP contribution in [0.1, 0.15) is 41.2 Å². The van der Waals surface area contributed by atoms with Crippen molar-refractivity contribution in [1.82, 2.24) is 13.5 Å². The van der Waals surface area contributed by atoms with Crippen molar-refractivity contribution < 1.29 is 13.5 Å². The van der Waals surface area contributed by atoms with E-state index in [-0.39, 0.29) is 0 Å². The molecule has 8 heteroatoms. The minimum atomic E-state index is -3.34. The van der Waals surface area contributed by atoms with Crippen LogP contribution in [0.25, 0.3) is 0 Å². The van der Waals surface area contributed by atoms with Crippen molar-refractivity contribution >= 4 is 21.5 Å². The molecule has 1 unspecified atom stereocenters. The highest BCUT2D eigenvalue weighted by molar-refractivity contribution is 7.86. The molecular weight excluding hydrogens is 370 g/mol. The van der Waals surface area contributed by atoms with Gasteiger partial charge in [-0.05, 0) is 44.2 Å². The first-order valence-electron chi connectivity index (χ1n) is 9.50. The van der Waals surface area contributed by atoms with E-state index in [4.69, 9.17) is 0 Å². The molecule has 0 amide bonds. The molecule has 2 aliphatic heterocycles. The maximum Gasteiger partial charge on any atom is 0.282 e. The van der Waals surface area contributed by atoms with Crippen molar-refractivity contribution in [3.63, 3.8) is 0 Å². The first-order valence-corrected chi connectivity index (χ1v) is 11.7. The molecule has 3 rings (SSSR count). The molecule has 1 atom stereocenters. The molecule has 2 saturated heterocycles. The second-order valence-corrected chi connectivity index (χ2v) is 11.1. The molecule has 1 aromatic rings. The summed E-state index contributed by atoms with van der Waals surface area (Å²) in [7, 11) is -3.34. The molecule has 1 aromatic heterocycles. The summed E-state index contributed by atoms with van der Waals surface area (Å²) in [6.45, 7) is 10.5. The number of rotatable bonds is 5. The lowest BCUT2D eigenvalue weighted by Crippen LogP contribution is -2.54. The molecule has 2 fully saturated rings. The van der Waals surface area contributed by atoms with Crippen molar-refractivity contribution in [2.75, 3.05) is 45.8 Å². The van der Waals surface area contributed by atoms with Crippen molar-refractivity contribution in [1.29, 1.82) is 0 Å². The minimum absolute atomic E-state index is 0.503. The molecule has 0 spiro atoms. The average Bonchev–Trinajstić information content (AvgIpc) is 2.94. The zero-order valence-corrected chi connectivity index (χ0v) is 17.7. The maximum atomic E-state index is 12.8. The Bertz CT molecular complexity index is 703. The largest absolute Gasteiger partial charge is 0.387 e. The van der Waals surface area contributed by atoms with Gasteiger partial charge in [-0.25, -0.2) is 0 Å². The SMILES string of the molecule is Cc1cc(C(O)CN2CCN(S(=O)(=O)N3CCC(C)CC3)CC2)c(C)s1. The maximum absolute atomic E-state index is 12.8. The van der Waals surface area contributed by atoms with Gasteiger partial charge in [0.25, 0.3) is 10.2 Å². The smallest absolute Gasteiger partial charge is 0.282 e. The number of nitrogens with zero attached hydrogens (tertiary/aromatic N) is 3. The molecule has 1 N–H and O–H groups in total. The number of aliphatic hydroxyl groups excluding tert-OH is 1. The Morgan fingerprint density at radius 3 is 2.23 bits per heavy atom. The van der Waals surface area contributed by atoms with Crippen LogP contribution in [0.4, 0.5) is 0 Å². The quantitative estimate of drug-likeness (QED) is 0.820. The van der Waals surface area contributed by atoms with Crippen LogP contribution >= 0.6 is 11.3 Å². The monoisotopic (exact) mass is 401 g/mol. The van der Waals surface area contributed by atoms with Crippen LogP contribution in [-0.2, 0) is 10.2 Å². The third kappa shape index (κ3) is 4.48. The molecular formula is C18H31N3O3S2. The lowest BCUT2D eigenvalue weighted by Gasteiger charge is -2.39. The van der Waals surface area contributed by atoms with Crippen molar-refractivity contribution in [3.8, 4) is 0 Å². The van der Waals surface area contributed by atoms with E-state index in [9.17, 15) is 13.5 Å². The van der Waals surface area contributed by atoms with Gasteiger partial charge >= 0.3 is 0 Å². The van der Waals surface area contributed by atoms with Crippen LogP contribution < -0.4 is 0 Å². The number of hydrogen-bond donors (Lipinski definition) is 1. The Morgan fingerprint density at radius 2 is 1.69 bits per heavy atom. The minimum Gasteiger partial charge on any atom is -0.387 e. The van der Waals surface area contributed by atoms with Crippen LogP contribution in [0.5, 0.6) is 0 Å². The lowest BCUT2D eigenvalue weighted by atomic mass is 10.0. The van der Waals surface area contributed by atoms with E-state index in [0.29, 0.717) is 51.7 Å². The number of aliphatic hydroxyl groups is 1. The number of piperidine rings is 1. The molecule has 0 radical (unpaired) electrons. The van der Waals surface area contributed by atoms with Gasteiger partial charge in [0, 0.05) is 55.6 Å². The van der Waals surface area contributed by atoms with Crippen molar-refractivity contribution in [2.45, 2.75) is 39.7 Å². The van der Waals surface area contributed by atoms with E-state index in [1.54, 1.807) is 19.9 Å². The second-order valence-electron chi connectivity index (χ2n) is 7.67. The summed E-state index contributed by atoms with van der Waals surface area (Å²) in [4.78, 5) is 4.54. The first kappa shape index (κ1) is 20.2. The van der Waals surface area contributed by atoms with Gasteiger partial charge < -0.3 is 5.11 Å². The highest BCUT2D eigenvalue weighted by Gasteiger charge is 2.34. The normalized spacial score (nSPS) is 23.4. The average molecular weight is 402 g/mol. The molecule has 0 saturated carbocycles. The number of β-amino-alcohol motifs (C(OH)–C–C–N with tert-alkyl or cyclic N) is 1. The van der Waals surface area contributed by atoms with E-state index in [1.165, 1.54) is 4.88 Å². The van der Waals surface area contributed by atoms with E-state index in [0.717, 1.165) is 23.3 Å². The third-order valence-corrected chi connectivity index (χ3v) is 8.61. The molecule has 6 nitrogen and oxygen atoms in total. The Labute approximate surface area is 161 Å². The van der Waals surface area contributed by atoms with Crippen molar-refractivity contribution in [2.24, 2.45) is 5.92 Å². The van der Waals surface area contributed by atoms with Crippen LogP contribution in [-0.4, -0.2) is 72.8 Å². The molecule has 148 valence electrons. The summed E-state index contributed by atoms with van der Waals surface area (Å²) in [6.07, 6.45) is 1.39. The predicted molar refractivity (Wildman–Crippen MR) is 106 cm³/mol. The fourth-order valence-corrected chi connectivity index (χ4v) is 6.45. The topological polar surface area (TPSA) is 64.1 Å². The lowest BCUT2D eigenvalue weighted by molar-refractivity contribution is 0.0902. The van der Waals surface area contributed by atoms with Gasteiger partial charge in [0.05, 0.1) is 6.10 Å². The summed E-state index contributed by atoms with van der Waals surface area (Å²) in [5, 5.41) is 10.5. The van der Waals surface area contributed by atoms with Gasteiger partial charge in [-0.1, -0.05) is 6.92 Å². The van der Waals surface area contributed by atoms with Gasteiger partial charge in [-0.15, -0.1) is 11.3 Å². The number of thiophene rings is 1. The molecule has 0 aliphatic carbocycles. The molecule has 0 aromatic carbocycles. The van der Waals surface area contributed by atoms with E-state index >= 15 is 0 Å². The summed E-state index contributed by atoms with van der Waals surface area (Å²) >= 11 is 1.71. The highest BCUT2D eigenvalue weighted by Crippen LogP contribution is 2.27. The van der Waals surface area contributed by atoms with Crippen LogP contribution in [0.3, 0.4) is 0 Å². The molecule has 26 heavy (non-hydrogen) atoms. The fourth-order valence-electron chi connectivity index (χ4n) is 3.85. The summed E-state index contributed by atoms with van der Waals surface area (Å²) in [5.41, 5.74) is 1.00. The highest BCUT2D eigenvalue weighted by atomic mass is 32.2. The van der Waals surface area contributed by atoms with Gasteiger partial charge in [-0.2, -0.15) is 17.0 Å². The second kappa shape index (κ2) is 8.24. The van der Waals surface area contributed by atoms with Crippen LogP contribution in [0.2, 0.25) is 0 Å². The van der Waals surface area contributed by atoms with Gasteiger partial charge in [-0.3, -0.25) is 4.90 Å². The van der Waals surface area contributed by atoms with E-state index < -0.39 is 16.3 Å². The summed E-state index contributed by atoms with van der Waals surface area (Å²) in [6, 6.07) is 2.06. The number of piperazine rings is 1. The van der Waals surface area contributed by atoms with Gasteiger partial charge in [0.2, 0.25) is 0 Å². The first-order chi connectivity index (χ1) is 12.3. The molecule has 3 heterocycles. The number of aryl methyl sites for hydroxylation is 2. The van der Waals surface area contributed by atoms with Gasteiger partial charge in [0.15, 0.2) is 0 Å². The van der Waals surface area contributed by atoms with Crippen LogP contribution in [0.15, 0.2) is 6.07 Å². The van der Waals surface area contributed by atoms with Gasteiger partial charge in [0.1, 0.15) is 0 Å². The third-order valence-electron chi connectivity index (χ3n) is 5.60. The Morgan fingerprint density at radius 1 is 1.12 bits per heavy atom. The Kier molecular flexibility index (Phi) is 6.41. The van der Waals surface area contributed by atoms with Crippen molar-refractivity contribution in [3.05, 3.63) is 21.4 Å². The summed E-state index contributed by atoms with van der Waals surface area (Å²) in [5.74, 6) is 0.615. The zero-order chi connectivity index (χ0) is 18.9. The number of hydrogen-bond acceptors (Lipinski definition) is 5. The standard InChI is InChI=1S/C18H31N3O3S2/c1-14-4-6-20(7-5-14)26(23,24)21-10-8-19(9-11-21)13-18(22)17-12-15(2)25-16(17)3/h12,14,18,22H,4-11,13H2,1-3H3. The Hall–Kier alpha value is -0.510.